The van der Waals surface area contributed by atoms with Crippen molar-refractivity contribution in [2.45, 2.75) is 96.2 Å². The molecule has 0 spiro atoms. The predicted octanol–water partition coefficient (Wildman–Crippen LogP) is 7.86. The summed E-state index contributed by atoms with van der Waals surface area (Å²) in [5, 5.41) is 0. The van der Waals surface area contributed by atoms with Crippen LogP contribution in [0.15, 0.2) is 42.5 Å². The molecule has 0 unspecified atom stereocenters. The Bertz CT molecular complexity index is 796. The molecule has 1 heterocycles. The number of benzene rings is 2. The van der Waals surface area contributed by atoms with E-state index < -0.39 is 0 Å². The molecule has 1 saturated carbocycles. The summed E-state index contributed by atoms with van der Waals surface area (Å²) in [5.74, 6) is 1.06. The summed E-state index contributed by atoms with van der Waals surface area (Å²) in [4.78, 5) is 0. The first-order valence-electron chi connectivity index (χ1n) is 12.7. The Hall–Kier alpha value is -1.64. The van der Waals surface area contributed by atoms with Gasteiger partial charge in [0.05, 0.1) is 13.2 Å². The van der Waals surface area contributed by atoms with Crippen molar-refractivity contribution in [1.82, 2.24) is 0 Å². The number of unbranched alkanes of at least 4 members (excludes halogenated alkanes) is 1. The number of rotatable bonds is 8. The summed E-state index contributed by atoms with van der Waals surface area (Å²) < 4.78 is 12.5. The number of aryl methyl sites for hydroxylation is 2. The van der Waals surface area contributed by atoms with Crippen molar-refractivity contribution in [3.8, 4) is 0 Å². The minimum atomic E-state index is -0.228. The van der Waals surface area contributed by atoms with Gasteiger partial charge in [0.25, 0.3) is 0 Å². The van der Waals surface area contributed by atoms with Gasteiger partial charge in [-0.15, -0.1) is 0 Å². The number of ether oxygens (including phenoxy) is 2. The summed E-state index contributed by atoms with van der Waals surface area (Å²) in [5.41, 5.74) is 7.10. The first-order chi connectivity index (χ1) is 15.3. The van der Waals surface area contributed by atoms with E-state index in [-0.39, 0.29) is 6.29 Å². The monoisotopic (exact) mass is 420 g/mol. The van der Waals surface area contributed by atoms with E-state index in [0.717, 1.165) is 25.2 Å². The second-order valence-corrected chi connectivity index (χ2v) is 9.59. The van der Waals surface area contributed by atoms with E-state index in [2.05, 4.69) is 56.3 Å². The van der Waals surface area contributed by atoms with E-state index in [0.29, 0.717) is 11.8 Å². The Morgan fingerprint density at radius 1 is 0.710 bits per heavy atom. The lowest BCUT2D eigenvalue weighted by Crippen LogP contribution is -2.27. The lowest BCUT2D eigenvalue weighted by atomic mass is 9.78. The molecule has 2 aromatic rings. The molecule has 1 saturated heterocycles. The Morgan fingerprint density at radius 3 is 2.10 bits per heavy atom. The van der Waals surface area contributed by atoms with Crippen LogP contribution in [0.4, 0.5) is 0 Å². The molecule has 0 bridgehead atoms. The van der Waals surface area contributed by atoms with Crippen molar-refractivity contribution in [3.05, 3.63) is 70.3 Å². The predicted molar refractivity (Wildman–Crippen MR) is 129 cm³/mol. The van der Waals surface area contributed by atoms with Crippen LogP contribution >= 0.6 is 0 Å². The standard InChI is InChI=1S/C29H40O2/c1-3-5-10-23-15-18-27(28(19-23)24-11-7-6-8-12-24)26-20-30-29(31-21-26)25-16-13-22(9-4-2)14-17-25/h13-19,24,26,29H,3-12,20-21H2,1-2H3/t26-,29-. The molecule has 4 rings (SSSR count). The highest BCUT2D eigenvalue weighted by Gasteiger charge is 2.28. The van der Waals surface area contributed by atoms with Gasteiger partial charge in [0, 0.05) is 11.5 Å². The van der Waals surface area contributed by atoms with E-state index in [4.69, 9.17) is 9.47 Å². The van der Waals surface area contributed by atoms with Gasteiger partial charge in [-0.1, -0.05) is 88.4 Å². The van der Waals surface area contributed by atoms with Crippen LogP contribution in [0.5, 0.6) is 0 Å². The van der Waals surface area contributed by atoms with Gasteiger partial charge in [0.1, 0.15) is 0 Å². The summed E-state index contributed by atoms with van der Waals surface area (Å²) in [6.45, 7) is 5.99. The van der Waals surface area contributed by atoms with E-state index in [9.17, 15) is 0 Å². The average molecular weight is 421 g/mol. The molecule has 2 fully saturated rings. The molecule has 2 heteroatoms. The van der Waals surface area contributed by atoms with E-state index in [1.807, 2.05) is 0 Å². The molecular formula is C29H40O2. The van der Waals surface area contributed by atoms with Crippen molar-refractivity contribution in [2.75, 3.05) is 13.2 Å². The van der Waals surface area contributed by atoms with E-state index in [1.54, 1.807) is 5.56 Å². The zero-order chi connectivity index (χ0) is 21.5. The largest absolute Gasteiger partial charge is 0.348 e. The maximum atomic E-state index is 6.25. The molecule has 2 aromatic carbocycles. The van der Waals surface area contributed by atoms with E-state index >= 15 is 0 Å². The SMILES string of the molecule is CCCCc1ccc([C@H]2CO[C@H](c3ccc(CCC)cc3)OC2)c(C2CCCCC2)c1. The van der Waals surface area contributed by atoms with Crippen molar-refractivity contribution < 1.29 is 9.47 Å². The fourth-order valence-electron chi connectivity index (χ4n) is 5.31. The third-order valence-corrected chi connectivity index (χ3v) is 7.14. The van der Waals surface area contributed by atoms with Gasteiger partial charge >= 0.3 is 0 Å². The van der Waals surface area contributed by atoms with Gasteiger partial charge in [-0.3, -0.25) is 0 Å². The first kappa shape index (κ1) is 22.6. The lowest BCUT2D eigenvalue weighted by molar-refractivity contribution is -0.191. The lowest BCUT2D eigenvalue weighted by Gasteiger charge is -2.33. The quantitative estimate of drug-likeness (QED) is 0.433. The van der Waals surface area contributed by atoms with Gasteiger partial charge in [0.15, 0.2) is 6.29 Å². The molecule has 0 amide bonds. The van der Waals surface area contributed by atoms with E-state index in [1.165, 1.54) is 74.5 Å². The first-order valence-corrected chi connectivity index (χ1v) is 12.7. The van der Waals surface area contributed by atoms with Crippen LogP contribution in [0, 0.1) is 0 Å². The zero-order valence-electron chi connectivity index (χ0n) is 19.6. The van der Waals surface area contributed by atoms with Gasteiger partial charge in [-0.2, -0.15) is 0 Å². The van der Waals surface area contributed by atoms with Crippen molar-refractivity contribution in [1.29, 1.82) is 0 Å². The molecule has 31 heavy (non-hydrogen) atoms. The minimum absolute atomic E-state index is 0.228. The summed E-state index contributed by atoms with van der Waals surface area (Å²) in [6.07, 6.45) is 12.6. The molecule has 2 nitrogen and oxygen atoms in total. The maximum absolute atomic E-state index is 6.25. The Kier molecular flexibility index (Phi) is 8.21. The van der Waals surface area contributed by atoms with Gasteiger partial charge in [-0.05, 0) is 60.3 Å². The fraction of sp³-hybridized carbons (Fsp3) is 0.586. The smallest absolute Gasteiger partial charge is 0.183 e. The van der Waals surface area contributed by atoms with Crippen LogP contribution in [0.3, 0.4) is 0 Å². The van der Waals surface area contributed by atoms with Crippen LogP contribution < -0.4 is 0 Å². The number of hydrogen-bond acceptors (Lipinski definition) is 2. The van der Waals surface area contributed by atoms with Gasteiger partial charge < -0.3 is 9.47 Å². The third kappa shape index (κ3) is 5.79. The minimum Gasteiger partial charge on any atom is -0.348 e. The highest BCUT2D eigenvalue weighted by atomic mass is 16.7. The highest BCUT2D eigenvalue weighted by Crippen LogP contribution is 2.39. The molecule has 0 aromatic heterocycles. The highest BCUT2D eigenvalue weighted by molar-refractivity contribution is 5.38. The fourth-order valence-corrected chi connectivity index (χ4v) is 5.31. The van der Waals surface area contributed by atoms with Crippen LogP contribution in [-0.2, 0) is 22.3 Å². The van der Waals surface area contributed by atoms with Crippen molar-refractivity contribution in [2.24, 2.45) is 0 Å². The third-order valence-electron chi connectivity index (χ3n) is 7.14. The van der Waals surface area contributed by atoms with Crippen LogP contribution in [0.25, 0.3) is 0 Å². The Labute approximate surface area is 189 Å². The second kappa shape index (κ2) is 11.3. The molecular weight excluding hydrogens is 380 g/mol. The molecule has 168 valence electrons. The summed E-state index contributed by atoms with van der Waals surface area (Å²) in [7, 11) is 0. The van der Waals surface area contributed by atoms with Crippen LogP contribution in [0.1, 0.15) is 111 Å². The summed E-state index contributed by atoms with van der Waals surface area (Å²) in [6, 6.07) is 16.1. The molecule has 1 aliphatic heterocycles. The molecule has 0 radical (unpaired) electrons. The molecule has 2 aliphatic rings. The van der Waals surface area contributed by atoms with Gasteiger partial charge in [0.2, 0.25) is 0 Å². The number of hydrogen-bond donors (Lipinski definition) is 0. The average Bonchev–Trinajstić information content (AvgIpc) is 2.84. The van der Waals surface area contributed by atoms with Gasteiger partial charge in [-0.25, -0.2) is 0 Å². The Balaban J connectivity index is 1.46. The van der Waals surface area contributed by atoms with Crippen molar-refractivity contribution >= 4 is 0 Å². The topological polar surface area (TPSA) is 18.5 Å². The second-order valence-electron chi connectivity index (χ2n) is 9.59. The molecule has 0 N–H and O–H groups in total. The Morgan fingerprint density at radius 2 is 1.42 bits per heavy atom. The maximum Gasteiger partial charge on any atom is 0.183 e. The molecule has 1 aliphatic carbocycles. The zero-order valence-corrected chi connectivity index (χ0v) is 19.6. The van der Waals surface area contributed by atoms with Crippen LogP contribution in [-0.4, -0.2) is 13.2 Å². The van der Waals surface area contributed by atoms with Crippen LogP contribution in [0.2, 0.25) is 0 Å². The summed E-state index contributed by atoms with van der Waals surface area (Å²) >= 11 is 0. The normalized spacial score (nSPS) is 22.5. The van der Waals surface area contributed by atoms with Crippen molar-refractivity contribution in [3.63, 3.8) is 0 Å². The molecule has 0 atom stereocenters.